The minimum Gasteiger partial charge on any atom is -0.491 e. The summed E-state index contributed by atoms with van der Waals surface area (Å²) in [5.74, 6) is -1.25. The van der Waals surface area contributed by atoms with E-state index in [9.17, 15) is 13.9 Å². The predicted octanol–water partition coefficient (Wildman–Crippen LogP) is 3.10. The van der Waals surface area contributed by atoms with Crippen LogP contribution in [0.15, 0.2) is 42.5 Å². The van der Waals surface area contributed by atoms with E-state index in [1.54, 1.807) is 24.3 Å². The van der Waals surface area contributed by atoms with Crippen LogP contribution in [0.4, 0.5) is 8.78 Å². The van der Waals surface area contributed by atoms with Gasteiger partial charge in [-0.3, -0.25) is 0 Å². The fourth-order valence-electron chi connectivity index (χ4n) is 2.24. The Morgan fingerprint density at radius 2 is 1.84 bits per heavy atom. The van der Waals surface area contributed by atoms with Gasteiger partial charge in [0.05, 0.1) is 11.6 Å². The van der Waals surface area contributed by atoms with Gasteiger partial charge in [-0.05, 0) is 55.8 Å². The van der Waals surface area contributed by atoms with Crippen molar-refractivity contribution in [3.05, 3.63) is 65.2 Å². The van der Waals surface area contributed by atoms with Crippen LogP contribution >= 0.6 is 0 Å². The third-order valence-electron chi connectivity index (χ3n) is 3.85. The van der Waals surface area contributed by atoms with Gasteiger partial charge in [0.2, 0.25) is 0 Å². The molecule has 1 unspecified atom stereocenters. The second-order valence-corrected chi connectivity index (χ2v) is 6.24. The molecule has 2 N–H and O–H groups in total. The summed E-state index contributed by atoms with van der Waals surface area (Å²) in [5.41, 5.74) is 0.457. The van der Waals surface area contributed by atoms with Gasteiger partial charge >= 0.3 is 0 Å². The van der Waals surface area contributed by atoms with Crippen LogP contribution in [0.1, 0.15) is 25.0 Å². The molecule has 2 aromatic rings. The minimum absolute atomic E-state index is 0.0623. The van der Waals surface area contributed by atoms with Crippen LogP contribution in [-0.2, 0) is 5.54 Å². The normalized spacial score (nSPS) is 12.5. The Morgan fingerprint density at radius 1 is 1.16 bits per heavy atom. The van der Waals surface area contributed by atoms with Crippen LogP contribution < -0.4 is 10.1 Å². The zero-order valence-corrected chi connectivity index (χ0v) is 14.1. The molecule has 0 aromatic heterocycles. The highest BCUT2D eigenvalue weighted by molar-refractivity contribution is 5.34. The summed E-state index contributed by atoms with van der Waals surface area (Å²) in [4.78, 5) is 0. The fraction of sp³-hybridized carbons (Fsp3) is 0.316. The Balaban J connectivity index is 1.86. The van der Waals surface area contributed by atoms with Crippen molar-refractivity contribution in [3.8, 4) is 11.8 Å². The summed E-state index contributed by atoms with van der Waals surface area (Å²) < 4.78 is 31.9. The molecule has 0 saturated carbocycles. The Hall–Kier alpha value is -2.49. The highest BCUT2D eigenvalue weighted by Crippen LogP contribution is 2.22. The molecule has 0 aliphatic heterocycles. The molecule has 1 atom stereocenters. The van der Waals surface area contributed by atoms with Crippen LogP contribution in [0.25, 0.3) is 0 Å². The molecule has 2 rings (SSSR count). The highest BCUT2D eigenvalue weighted by atomic mass is 19.2. The van der Waals surface area contributed by atoms with Crippen molar-refractivity contribution < 1.29 is 18.6 Å². The number of benzene rings is 2. The lowest BCUT2D eigenvalue weighted by molar-refractivity contribution is 0.0987. The van der Waals surface area contributed by atoms with Crippen LogP contribution in [0.2, 0.25) is 0 Å². The average molecular weight is 346 g/mol. The number of rotatable bonds is 7. The first-order valence-electron chi connectivity index (χ1n) is 7.83. The van der Waals surface area contributed by atoms with E-state index in [2.05, 4.69) is 5.32 Å². The first-order chi connectivity index (χ1) is 11.8. The van der Waals surface area contributed by atoms with Crippen LogP contribution in [0, 0.1) is 23.0 Å². The van der Waals surface area contributed by atoms with Gasteiger partial charge in [-0.1, -0.05) is 6.07 Å². The molecule has 0 heterocycles. The Labute approximate surface area is 145 Å². The maximum Gasteiger partial charge on any atom is 0.159 e. The molecule has 0 radical (unpaired) electrons. The van der Waals surface area contributed by atoms with Crippen molar-refractivity contribution in [1.29, 1.82) is 5.26 Å². The van der Waals surface area contributed by atoms with Gasteiger partial charge in [0.15, 0.2) is 11.6 Å². The van der Waals surface area contributed by atoms with Crippen molar-refractivity contribution >= 4 is 0 Å². The van der Waals surface area contributed by atoms with Crippen molar-refractivity contribution in [2.45, 2.75) is 25.5 Å². The smallest absolute Gasteiger partial charge is 0.159 e. The molecule has 0 fully saturated rings. The lowest BCUT2D eigenvalue weighted by atomic mass is 9.94. The molecule has 2 aromatic carbocycles. The van der Waals surface area contributed by atoms with Crippen molar-refractivity contribution in [3.63, 3.8) is 0 Å². The van der Waals surface area contributed by atoms with Crippen molar-refractivity contribution in [2.24, 2.45) is 0 Å². The van der Waals surface area contributed by atoms with E-state index in [-0.39, 0.29) is 13.2 Å². The summed E-state index contributed by atoms with van der Waals surface area (Å²) >= 11 is 0. The van der Waals surface area contributed by atoms with Crippen LogP contribution in [0.5, 0.6) is 5.75 Å². The monoisotopic (exact) mass is 346 g/mol. The zero-order chi connectivity index (χ0) is 18.4. The topological polar surface area (TPSA) is 65.3 Å². The van der Waals surface area contributed by atoms with Gasteiger partial charge in [-0.25, -0.2) is 8.78 Å². The van der Waals surface area contributed by atoms with Gasteiger partial charge in [-0.15, -0.1) is 0 Å². The minimum atomic E-state index is -0.905. The number of nitriles is 1. The summed E-state index contributed by atoms with van der Waals surface area (Å²) in [6.07, 6.45) is -0.791. The van der Waals surface area contributed by atoms with Gasteiger partial charge in [-0.2, -0.15) is 5.26 Å². The molecule has 4 nitrogen and oxygen atoms in total. The van der Waals surface area contributed by atoms with E-state index in [0.717, 1.165) is 12.1 Å². The quantitative estimate of drug-likeness (QED) is 0.809. The number of halogens is 2. The maximum atomic E-state index is 13.4. The van der Waals surface area contributed by atoms with E-state index in [1.165, 1.54) is 6.07 Å². The highest BCUT2D eigenvalue weighted by Gasteiger charge is 2.22. The standard InChI is InChI=1S/C19H20F2N2O2/c1-19(2,14-5-8-17(20)18(21)9-14)23-11-15(24)12-25-16-6-3-13(10-22)4-7-16/h3-9,15,23-24H,11-12H2,1-2H3. The number of hydrogen-bond acceptors (Lipinski definition) is 4. The van der Waals surface area contributed by atoms with Gasteiger partial charge < -0.3 is 15.2 Å². The SMILES string of the molecule is CC(C)(NCC(O)COc1ccc(C#N)cc1)c1ccc(F)c(F)c1. The largest absolute Gasteiger partial charge is 0.491 e. The summed E-state index contributed by atoms with van der Waals surface area (Å²) in [6, 6.07) is 12.3. The van der Waals surface area contributed by atoms with Gasteiger partial charge in [0.1, 0.15) is 18.5 Å². The molecule has 0 saturated heterocycles. The van der Waals surface area contributed by atoms with Crippen LogP contribution in [0.3, 0.4) is 0 Å². The number of nitrogens with zero attached hydrogens (tertiary/aromatic N) is 1. The number of aliphatic hydroxyl groups excluding tert-OH is 1. The lowest BCUT2D eigenvalue weighted by Gasteiger charge is -2.28. The Kier molecular flexibility index (Phi) is 6.07. The molecule has 0 aliphatic carbocycles. The molecular formula is C19H20F2N2O2. The van der Waals surface area contributed by atoms with E-state index in [4.69, 9.17) is 10.00 Å². The Morgan fingerprint density at radius 3 is 2.44 bits per heavy atom. The average Bonchev–Trinajstić information content (AvgIpc) is 2.61. The molecule has 0 bridgehead atoms. The Bertz CT molecular complexity index is 755. The maximum absolute atomic E-state index is 13.4. The third kappa shape index (κ3) is 5.24. The van der Waals surface area contributed by atoms with E-state index >= 15 is 0 Å². The van der Waals surface area contributed by atoms with E-state index in [0.29, 0.717) is 16.9 Å². The molecule has 0 aliphatic rings. The second kappa shape index (κ2) is 8.06. The van der Waals surface area contributed by atoms with Crippen molar-refractivity contribution in [2.75, 3.05) is 13.2 Å². The van der Waals surface area contributed by atoms with E-state index in [1.807, 2.05) is 19.9 Å². The summed E-state index contributed by atoms with van der Waals surface area (Å²) in [7, 11) is 0. The molecular weight excluding hydrogens is 326 g/mol. The lowest BCUT2D eigenvalue weighted by Crippen LogP contribution is -2.42. The van der Waals surface area contributed by atoms with Gasteiger partial charge in [0, 0.05) is 12.1 Å². The molecule has 25 heavy (non-hydrogen) atoms. The molecule has 0 amide bonds. The first-order valence-corrected chi connectivity index (χ1v) is 7.83. The number of nitrogens with one attached hydrogen (secondary N) is 1. The molecule has 0 spiro atoms. The molecule has 132 valence electrons. The summed E-state index contributed by atoms with van der Waals surface area (Å²) in [5, 5.41) is 21.9. The summed E-state index contributed by atoms with van der Waals surface area (Å²) in [6.45, 7) is 3.90. The fourth-order valence-corrected chi connectivity index (χ4v) is 2.24. The van der Waals surface area contributed by atoms with E-state index < -0.39 is 23.3 Å². The third-order valence-corrected chi connectivity index (χ3v) is 3.85. The molecule has 6 heteroatoms. The number of aliphatic hydroxyl groups is 1. The van der Waals surface area contributed by atoms with Crippen molar-refractivity contribution in [1.82, 2.24) is 5.32 Å². The zero-order valence-electron chi connectivity index (χ0n) is 14.1. The van der Waals surface area contributed by atoms with Gasteiger partial charge in [0.25, 0.3) is 0 Å². The second-order valence-electron chi connectivity index (χ2n) is 6.24. The first kappa shape index (κ1) is 18.8. The number of hydrogen-bond donors (Lipinski definition) is 2. The predicted molar refractivity (Wildman–Crippen MR) is 90.0 cm³/mol. The van der Waals surface area contributed by atoms with Crippen LogP contribution in [-0.4, -0.2) is 24.4 Å². The number of ether oxygens (including phenoxy) is 1.